The van der Waals surface area contributed by atoms with E-state index in [1.54, 1.807) is 0 Å². The monoisotopic (exact) mass is 255 g/mol. The Hall–Kier alpha value is -2.03. The van der Waals surface area contributed by atoms with Crippen molar-refractivity contribution in [3.8, 4) is 0 Å². The van der Waals surface area contributed by atoms with Crippen molar-refractivity contribution in [3.05, 3.63) is 6.33 Å². The minimum atomic E-state index is -0.953. The van der Waals surface area contributed by atoms with Crippen molar-refractivity contribution in [1.82, 2.24) is 25.1 Å². The third-order valence-corrected chi connectivity index (χ3v) is 2.65. The number of aliphatic carboxylic acids is 1. The van der Waals surface area contributed by atoms with E-state index in [4.69, 9.17) is 9.84 Å². The molecule has 9 nitrogen and oxygen atoms in total. The van der Waals surface area contributed by atoms with Gasteiger partial charge in [0.2, 0.25) is 5.91 Å². The predicted octanol–water partition coefficient (Wildman–Crippen LogP) is -1.62. The summed E-state index contributed by atoms with van der Waals surface area (Å²) in [5, 5.41) is 19.2. The summed E-state index contributed by atoms with van der Waals surface area (Å²) in [6, 6.07) is -0.430. The average Bonchev–Trinajstić information content (AvgIpc) is 2.81. The molecule has 98 valence electrons. The maximum absolute atomic E-state index is 12.0. The number of ether oxygens (including phenoxy) is 1. The average molecular weight is 255 g/mol. The van der Waals surface area contributed by atoms with E-state index in [1.807, 2.05) is 0 Å². The Morgan fingerprint density at radius 1 is 1.50 bits per heavy atom. The molecule has 0 bridgehead atoms. The highest BCUT2D eigenvalue weighted by Gasteiger charge is 2.29. The van der Waals surface area contributed by atoms with E-state index < -0.39 is 12.0 Å². The number of hydrogen-bond donors (Lipinski definition) is 1. The molecule has 1 amide bonds. The summed E-state index contributed by atoms with van der Waals surface area (Å²) in [6.45, 7) is 1.05. The Labute approximate surface area is 102 Å². The Kier molecular flexibility index (Phi) is 3.82. The van der Waals surface area contributed by atoms with Gasteiger partial charge in [0.15, 0.2) is 0 Å². The van der Waals surface area contributed by atoms with E-state index in [2.05, 4.69) is 15.5 Å². The number of rotatable bonds is 4. The molecule has 0 saturated carbocycles. The van der Waals surface area contributed by atoms with Crippen LogP contribution in [0.2, 0.25) is 0 Å². The molecule has 0 spiro atoms. The summed E-state index contributed by atoms with van der Waals surface area (Å²) in [7, 11) is 0. The lowest BCUT2D eigenvalue weighted by Crippen LogP contribution is -2.50. The molecule has 1 fully saturated rings. The van der Waals surface area contributed by atoms with Gasteiger partial charge in [0.25, 0.3) is 0 Å². The lowest BCUT2D eigenvalue weighted by molar-refractivity contribution is -0.146. The number of carbonyl (C=O) groups is 2. The van der Waals surface area contributed by atoms with Crippen molar-refractivity contribution in [2.24, 2.45) is 0 Å². The van der Waals surface area contributed by atoms with Crippen LogP contribution in [0.1, 0.15) is 6.42 Å². The zero-order valence-electron chi connectivity index (χ0n) is 9.60. The summed E-state index contributed by atoms with van der Waals surface area (Å²) in [4.78, 5) is 24.3. The smallest absolute Gasteiger partial charge is 0.305 e. The molecule has 1 N–H and O–H groups in total. The molecule has 1 aromatic rings. The van der Waals surface area contributed by atoms with Crippen molar-refractivity contribution < 1.29 is 19.4 Å². The lowest BCUT2D eigenvalue weighted by atomic mass is 10.1. The van der Waals surface area contributed by atoms with Crippen molar-refractivity contribution >= 4 is 11.9 Å². The van der Waals surface area contributed by atoms with E-state index in [0.29, 0.717) is 13.2 Å². The summed E-state index contributed by atoms with van der Waals surface area (Å²) >= 11 is 0. The first-order valence-electron chi connectivity index (χ1n) is 5.46. The minimum Gasteiger partial charge on any atom is -0.481 e. The molecule has 1 atom stereocenters. The third-order valence-electron chi connectivity index (χ3n) is 2.65. The maximum atomic E-state index is 12.0. The second-order valence-corrected chi connectivity index (χ2v) is 3.92. The van der Waals surface area contributed by atoms with Gasteiger partial charge in [-0.15, -0.1) is 5.10 Å². The second-order valence-electron chi connectivity index (χ2n) is 3.92. The number of tetrazole rings is 1. The van der Waals surface area contributed by atoms with Crippen LogP contribution in [-0.4, -0.2) is 67.9 Å². The molecule has 1 aliphatic rings. The molecule has 18 heavy (non-hydrogen) atoms. The first-order valence-corrected chi connectivity index (χ1v) is 5.46. The molecule has 1 aromatic heterocycles. The van der Waals surface area contributed by atoms with Crippen LogP contribution >= 0.6 is 0 Å². The largest absolute Gasteiger partial charge is 0.481 e. The van der Waals surface area contributed by atoms with Crippen LogP contribution in [-0.2, 0) is 20.9 Å². The highest BCUT2D eigenvalue weighted by Crippen LogP contribution is 2.11. The van der Waals surface area contributed by atoms with E-state index >= 15 is 0 Å². The van der Waals surface area contributed by atoms with Gasteiger partial charge in [-0.05, 0) is 10.4 Å². The van der Waals surface area contributed by atoms with E-state index in [9.17, 15) is 9.59 Å². The number of amides is 1. The summed E-state index contributed by atoms with van der Waals surface area (Å²) in [5.41, 5.74) is 0. The Morgan fingerprint density at radius 2 is 2.33 bits per heavy atom. The third kappa shape index (κ3) is 3.00. The Balaban J connectivity index is 1.99. The number of hydrogen-bond acceptors (Lipinski definition) is 6. The minimum absolute atomic E-state index is 0.00309. The lowest BCUT2D eigenvalue weighted by Gasteiger charge is -2.34. The van der Waals surface area contributed by atoms with Crippen molar-refractivity contribution in [1.29, 1.82) is 0 Å². The number of carbonyl (C=O) groups excluding carboxylic acids is 1. The van der Waals surface area contributed by atoms with Gasteiger partial charge >= 0.3 is 5.97 Å². The van der Waals surface area contributed by atoms with E-state index in [0.717, 1.165) is 0 Å². The van der Waals surface area contributed by atoms with Crippen LogP contribution in [0.25, 0.3) is 0 Å². The summed E-state index contributed by atoms with van der Waals surface area (Å²) in [6.07, 6.45) is 1.21. The van der Waals surface area contributed by atoms with Crippen LogP contribution < -0.4 is 0 Å². The van der Waals surface area contributed by atoms with Crippen LogP contribution in [0, 0.1) is 0 Å². The number of nitrogens with zero attached hydrogens (tertiary/aromatic N) is 5. The molecular formula is C9H13N5O4. The molecule has 1 aliphatic heterocycles. The Bertz CT molecular complexity index is 421. The van der Waals surface area contributed by atoms with Crippen LogP contribution in [0.4, 0.5) is 0 Å². The standard InChI is InChI=1S/C9H13N5O4/c15-8(4-13-6-10-11-12-13)14-1-2-18-5-7(14)3-9(16)17/h6-7H,1-5H2,(H,16,17)/t7-/m1/s1. The van der Waals surface area contributed by atoms with Gasteiger partial charge in [-0.1, -0.05) is 0 Å². The topological polar surface area (TPSA) is 110 Å². The molecule has 0 unspecified atom stereocenters. The molecule has 2 heterocycles. The summed E-state index contributed by atoms with van der Waals surface area (Å²) < 4.78 is 6.50. The zero-order chi connectivity index (χ0) is 13.0. The zero-order valence-corrected chi connectivity index (χ0v) is 9.60. The van der Waals surface area contributed by atoms with Gasteiger partial charge < -0.3 is 14.7 Å². The predicted molar refractivity (Wildman–Crippen MR) is 56.4 cm³/mol. The number of aromatic nitrogens is 4. The normalized spacial score (nSPS) is 19.8. The molecule has 2 rings (SSSR count). The molecule has 1 saturated heterocycles. The van der Waals surface area contributed by atoms with Crippen molar-refractivity contribution in [3.63, 3.8) is 0 Å². The van der Waals surface area contributed by atoms with Gasteiger partial charge in [0, 0.05) is 6.54 Å². The van der Waals surface area contributed by atoms with Crippen LogP contribution in [0.5, 0.6) is 0 Å². The molecule has 0 aliphatic carbocycles. The second kappa shape index (κ2) is 5.54. The molecular weight excluding hydrogens is 242 g/mol. The van der Waals surface area contributed by atoms with Crippen molar-refractivity contribution in [2.75, 3.05) is 19.8 Å². The van der Waals surface area contributed by atoms with Gasteiger partial charge in [-0.25, -0.2) is 4.68 Å². The maximum Gasteiger partial charge on any atom is 0.305 e. The highest BCUT2D eigenvalue weighted by molar-refractivity contribution is 5.77. The van der Waals surface area contributed by atoms with Gasteiger partial charge in [-0.2, -0.15) is 0 Å². The first-order chi connectivity index (χ1) is 8.66. The van der Waals surface area contributed by atoms with Crippen LogP contribution in [0.15, 0.2) is 6.33 Å². The Morgan fingerprint density at radius 3 is 3.00 bits per heavy atom. The van der Waals surface area contributed by atoms with Gasteiger partial charge in [0.1, 0.15) is 12.9 Å². The quantitative estimate of drug-likeness (QED) is 0.688. The fraction of sp³-hybridized carbons (Fsp3) is 0.667. The fourth-order valence-corrected chi connectivity index (χ4v) is 1.84. The molecule has 0 aromatic carbocycles. The van der Waals surface area contributed by atoms with Crippen LogP contribution in [0.3, 0.4) is 0 Å². The van der Waals surface area contributed by atoms with Gasteiger partial charge in [0.05, 0.1) is 25.7 Å². The summed E-state index contributed by atoms with van der Waals surface area (Å²) in [5.74, 6) is -1.16. The van der Waals surface area contributed by atoms with E-state index in [-0.39, 0.29) is 25.5 Å². The van der Waals surface area contributed by atoms with Gasteiger partial charge in [-0.3, -0.25) is 9.59 Å². The number of carboxylic acid groups (broad SMARTS) is 1. The SMILES string of the molecule is O=C(O)C[C@@H]1COCCN1C(=O)Cn1cnnn1. The molecule has 0 radical (unpaired) electrons. The van der Waals surface area contributed by atoms with E-state index in [1.165, 1.54) is 15.9 Å². The molecule has 9 heteroatoms. The number of carboxylic acids is 1. The highest BCUT2D eigenvalue weighted by atomic mass is 16.5. The van der Waals surface area contributed by atoms with Crippen molar-refractivity contribution in [2.45, 2.75) is 19.0 Å². The number of morpholine rings is 1. The first kappa shape index (κ1) is 12.4. The fourth-order valence-electron chi connectivity index (χ4n) is 1.84.